The monoisotopic (exact) mass is 314 g/mol. The molecule has 6 nitrogen and oxygen atoms in total. The minimum absolute atomic E-state index is 0.352. The molecule has 0 amide bonds. The fourth-order valence-corrected chi connectivity index (χ4v) is 4.63. The Morgan fingerprint density at radius 3 is 2.71 bits per heavy atom. The van der Waals surface area contributed by atoms with E-state index >= 15 is 0 Å². The van der Waals surface area contributed by atoms with Gasteiger partial charge in [-0.2, -0.15) is 9.40 Å². The Morgan fingerprint density at radius 1 is 1.38 bits per heavy atom. The minimum atomic E-state index is -3.47. The van der Waals surface area contributed by atoms with Crippen LogP contribution in [-0.2, 0) is 16.6 Å². The highest BCUT2D eigenvalue weighted by Crippen LogP contribution is 2.29. The van der Waals surface area contributed by atoms with Crippen molar-refractivity contribution in [3.05, 3.63) is 11.4 Å². The molecule has 2 heterocycles. The Bertz CT molecular complexity index is 582. The van der Waals surface area contributed by atoms with E-state index in [1.165, 1.54) is 0 Å². The summed E-state index contributed by atoms with van der Waals surface area (Å²) in [7, 11) is -3.47. The predicted octanol–water partition coefficient (Wildman–Crippen LogP) is 1.49. The van der Waals surface area contributed by atoms with E-state index in [9.17, 15) is 8.42 Å². The Kier molecular flexibility index (Phi) is 5.06. The Morgan fingerprint density at radius 2 is 2.10 bits per heavy atom. The van der Waals surface area contributed by atoms with E-state index in [0.29, 0.717) is 47.8 Å². The van der Waals surface area contributed by atoms with Crippen molar-refractivity contribution in [1.82, 2.24) is 19.8 Å². The number of nitrogens with one attached hydrogen (secondary N) is 2. The lowest BCUT2D eigenvalue weighted by molar-refractivity contribution is 0.212. The first-order chi connectivity index (χ1) is 9.87. The van der Waals surface area contributed by atoms with Crippen LogP contribution in [0.15, 0.2) is 4.90 Å². The van der Waals surface area contributed by atoms with Crippen LogP contribution in [0.5, 0.6) is 0 Å². The molecule has 0 aliphatic carbocycles. The summed E-state index contributed by atoms with van der Waals surface area (Å²) in [6.07, 6.45) is 0.917. The quantitative estimate of drug-likeness (QED) is 0.863. The highest BCUT2D eigenvalue weighted by Gasteiger charge is 2.35. The third-order valence-corrected chi connectivity index (χ3v) is 6.47. The summed E-state index contributed by atoms with van der Waals surface area (Å²) >= 11 is 0. The average Bonchev–Trinajstić information content (AvgIpc) is 2.81. The third kappa shape index (κ3) is 3.30. The number of sulfonamides is 1. The van der Waals surface area contributed by atoms with Crippen molar-refractivity contribution in [1.29, 1.82) is 0 Å². The zero-order chi connectivity index (χ0) is 15.6. The molecule has 21 heavy (non-hydrogen) atoms. The van der Waals surface area contributed by atoms with Gasteiger partial charge in [-0.05, 0) is 31.7 Å². The fourth-order valence-electron chi connectivity index (χ4n) is 2.75. The van der Waals surface area contributed by atoms with Gasteiger partial charge < -0.3 is 5.32 Å². The molecule has 1 aliphatic rings. The van der Waals surface area contributed by atoms with Gasteiger partial charge >= 0.3 is 0 Å². The van der Waals surface area contributed by atoms with E-state index in [1.807, 2.05) is 6.92 Å². The molecule has 1 fully saturated rings. The molecule has 2 rings (SSSR count). The average molecular weight is 314 g/mol. The van der Waals surface area contributed by atoms with Crippen LogP contribution < -0.4 is 5.32 Å². The van der Waals surface area contributed by atoms with E-state index < -0.39 is 10.0 Å². The molecular formula is C14H26N4O2S. The van der Waals surface area contributed by atoms with E-state index in [0.717, 1.165) is 13.0 Å². The summed E-state index contributed by atoms with van der Waals surface area (Å²) in [5, 5.41) is 10.1. The number of rotatable bonds is 5. The third-order valence-electron chi connectivity index (χ3n) is 4.40. The molecule has 1 aromatic rings. The van der Waals surface area contributed by atoms with E-state index in [2.05, 4.69) is 29.4 Å². The number of hydrogen-bond donors (Lipinski definition) is 2. The molecule has 0 bridgehead atoms. The number of aryl methyl sites for hydroxylation is 1. The van der Waals surface area contributed by atoms with Gasteiger partial charge in [0.2, 0.25) is 10.0 Å². The van der Waals surface area contributed by atoms with E-state index in [1.54, 1.807) is 11.2 Å². The fraction of sp³-hybridized carbons (Fsp3) is 0.786. The number of aromatic amines is 1. The van der Waals surface area contributed by atoms with Gasteiger partial charge in [0.25, 0.3) is 0 Å². The molecule has 0 spiro atoms. The lowest BCUT2D eigenvalue weighted by Crippen LogP contribution is -2.42. The van der Waals surface area contributed by atoms with Gasteiger partial charge in [-0.25, -0.2) is 8.42 Å². The van der Waals surface area contributed by atoms with Gasteiger partial charge in [0, 0.05) is 19.6 Å². The molecule has 1 aromatic heterocycles. The molecule has 1 aliphatic heterocycles. The lowest BCUT2D eigenvalue weighted by Gasteiger charge is -2.34. The Labute approximate surface area is 127 Å². The van der Waals surface area contributed by atoms with Gasteiger partial charge in [0.1, 0.15) is 4.90 Å². The van der Waals surface area contributed by atoms with Crippen LogP contribution in [-0.4, -0.2) is 42.6 Å². The van der Waals surface area contributed by atoms with Crippen LogP contribution >= 0.6 is 0 Å². The number of aromatic nitrogens is 2. The van der Waals surface area contributed by atoms with Crippen LogP contribution in [0, 0.1) is 18.8 Å². The van der Waals surface area contributed by atoms with Gasteiger partial charge in [-0.1, -0.05) is 20.8 Å². The topological polar surface area (TPSA) is 78.1 Å². The molecule has 2 N–H and O–H groups in total. The molecule has 0 aromatic carbocycles. The first-order valence-electron chi connectivity index (χ1n) is 7.62. The van der Waals surface area contributed by atoms with Crippen molar-refractivity contribution in [2.45, 2.75) is 45.6 Å². The number of nitrogens with zero attached hydrogens (tertiary/aromatic N) is 2. The SMILES string of the molecule is CCNCc1n[nH]c(C)c1S(=O)(=O)N1CCC(C)C(C)C1. The maximum atomic E-state index is 12.9. The molecular weight excluding hydrogens is 288 g/mol. The summed E-state index contributed by atoms with van der Waals surface area (Å²) in [4.78, 5) is 0.352. The Hall–Kier alpha value is -0.920. The molecule has 1 saturated heterocycles. The number of H-pyrrole nitrogens is 1. The molecule has 0 saturated carbocycles. The predicted molar refractivity (Wildman–Crippen MR) is 82.4 cm³/mol. The van der Waals surface area contributed by atoms with Crippen molar-refractivity contribution < 1.29 is 8.42 Å². The minimum Gasteiger partial charge on any atom is -0.311 e. The van der Waals surface area contributed by atoms with Gasteiger partial charge in [-0.15, -0.1) is 0 Å². The van der Waals surface area contributed by atoms with Gasteiger partial charge in [-0.3, -0.25) is 5.10 Å². The zero-order valence-corrected chi connectivity index (χ0v) is 14.1. The van der Waals surface area contributed by atoms with Crippen LogP contribution in [0.25, 0.3) is 0 Å². The first-order valence-corrected chi connectivity index (χ1v) is 9.06. The molecule has 0 radical (unpaired) electrons. The van der Waals surface area contributed by atoms with Crippen molar-refractivity contribution in [2.75, 3.05) is 19.6 Å². The zero-order valence-electron chi connectivity index (χ0n) is 13.3. The second-order valence-electron chi connectivity index (χ2n) is 6.01. The highest BCUT2D eigenvalue weighted by atomic mass is 32.2. The molecule has 120 valence electrons. The van der Waals surface area contributed by atoms with Crippen molar-refractivity contribution >= 4 is 10.0 Å². The van der Waals surface area contributed by atoms with E-state index in [4.69, 9.17) is 0 Å². The normalized spacial score (nSPS) is 24.4. The van der Waals surface area contributed by atoms with Crippen molar-refractivity contribution in [2.24, 2.45) is 11.8 Å². The maximum Gasteiger partial charge on any atom is 0.246 e. The van der Waals surface area contributed by atoms with Gasteiger partial charge in [0.15, 0.2) is 0 Å². The summed E-state index contributed by atoms with van der Waals surface area (Å²) in [6.45, 7) is 10.5. The smallest absolute Gasteiger partial charge is 0.246 e. The number of piperidine rings is 1. The van der Waals surface area contributed by atoms with Crippen LogP contribution in [0.3, 0.4) is 0 Å². The second-order valence-corrected chi connectivity index (χ2v) is 7.89. The van der Waals surface area contributed by atoms with Crippen molar-refractivity contribution in [3.8, 4) is 0 Å². The second kappa shape index (κ2) is 6.46. The largest absolute Gasteiger partial charge is 0.311 e. The summed E-state index contributed by atoms with van der Waals surface area (Å²) in [5.74, 6) is 0.959. The summed E-state index contributed by atoms with van der Waals surface area (Å²) in [6, 6.07) is 0. The number of hydrogen-bond acceptors (Lipinski definition) is 4. The van der Waals surface area contributed by atoms with Crippen molar-refractivity contribution in [3.63, 3.8) is 0 Å². The Balaban J connectivity index is 2.29. The van der Waals surface area contributed by atoms with Crippen LogP contribution in [0.1, 0.15) is 38.6 Å². The lowest BCUT2D eigenvalue weighted by atomic mass is 9.90. The standard InChI is InChI=1S/C14H26N4O2S/c1-5-15-8-13-14(12(4)16-17-13)21(19,20)18-7-6-10(2)11(3)9-18/h10-11,15H,5-9H2,1-4H3,(H,16,17). The molecule has 2 unspecified atom stereocenters. The van der Waals surface area contributed by atoms with E-state index in [-0.39, 0.29) is 0 Å². The molecule has 2 atom stereocenters. The van der Waals surface area contributed by atoms with Crippen LogP contribution in [0.2, 0.25) is 0 Å². The highest BCUT2D eigenvalue weighted by molar-refractivity contribution is 7.89. The summed E-state index contributed by atoms with van der Waals surface area (Å²) in [5.41, 5.74) is 1.20. The summed E-state index contributed by atoms with van der Waals surface area (Å²) < 4.78 is 27.5. The maximum absolute atomic E-state index is 12.9. The van der Waals surface area contributed by atoms with Gasteiger partial charge in [0.05, 0.1) is 11.4 Å². The first kappa shape index (κ1) is 16.5. The van der Waals surface area contributed by atoms with Crippen LogP contribution in [0.4, 0.5) is 0 Å². The molecule has 7 heteroatoms.